The van der Waals surface area contributed by atoms with Gasteiger partial charge in [-0.25, -0.2) is 0 Å². The predicted octanol–water partition coefficient (Wildman–Crippen LogP) is 3.58. The second-order valence-corrected chi connectivity index (χ2v) is 6.52. The lowest BCUT2D eigenvalue weighted by Crippen LogP contribution is -2.23. The van der Waals surface area contributed by atoms with Gasteiger partial charge < -0.3 is 10.5 Å². The van der Waals surface area contributed by atoms with Crippen molar-refractivity contribution in [3.05, 3.63) is 28.8 Å². The van der Waals surface area contributed by atoms with Gasteiger partial charge in [0.1, 0.15) is 5.75 Å². The lowest BCUT2D eigenvalue weighted by molar-refractivity contribution is 0.259. The number of rotatable bonds is 6. The molecule has 0 unspecified atom stereocenters. The van der Waals surface area contributed by atoms with Gasteiger partial charge in [-0.3, -0.25) is 4.90 Å². The molecule has 0 bridgehead atoms. The van der Waals surface area contributed by atoms with Crippen LogP contribution >= 0.6 is 24.0 Å². The van der Waals surface area contributed by atoms with E-state index in [0.717, 1.165) is 43.6 Å². The summed E-state index contributed by atoms with van der Waals surface area (Å²) in [6.07, 6.45) is 1.19. The molecule has 2 N–H and O–H groups in total. The highest BCUT2D eigenvalue weighted by atomic mass is 35.5. The van der Waals surface area contributed by atoms with Gasteiger partial charge in [0.15, 0.2) is 0 Å². The fourth-order valence-electron chi connectivity index (χ4n) is 2.56. The van der Waals surface area contributed by atoms with E-state index in [-0.39, 0.29) is 12.4 Å². The van der Waals surface area contributed by atoms with Crippen LogP contribution in [0.4, 0.5) is 0 Å². The Labute approximate surface area is 139 Å². The Bertz CT molecular complexity index is 440. The lowest BCUT2D eigenvalue weighted by Gasteiger charge is -2.19. The van der Waals surface area contributed by atoms with Gasteiger partial charge in [-0.15, -0.1) is 12.4 Å². The van der Waals surface area contributed by atoms with Gasteiger partial charge in [0, 0.05) is 23.7 Å². The number of nitrogens with two attached hydrogens (primary N) is 1. The number of benzene rings is 1. The van der Waals surface area contributed by atoms with Crippen molar-refractivity contribution in [3.63, 3.8) is 0 Å². The lowest BCUT2D eigenvalue weighted by atomic mass is 10.1. The molecule has 21 heavy (non-hydrogen) atoms. The van der Waals surface area contributed by atoms with Crippen molar-refractivity contribution in [3.8, 4) is 5.75 Å². The summed E-state index contributed by atoms with van der Waals surface area (Å²) in [6.45, 7) is 8.90. The number of halogens is 2. The van der Waals surface area contributed by atoms with Crippen LogP contribution < -0.4 is 10.5 Å². The van der Waals surface area contributed by atoms with Crippen LogP contribution in [0.2, 0.25) is 5.02 Å². The number of hydrogen-bond donors (Lipinski definition) is 1. The minimum absolute atomic E-state index is 0. The maximum Gasteiger partial charge on any atom is 0.123 e. The zero-order chi connectivity index (χ0) is 14.5. The summed E-state index contributed by atoms with van der Waals surface area (Å²) >= 11 is 6.13. The SMILES string of the molecule is CC(C)COc1ccc(Cl)cc1CN1CC[C@@H](CN)C1.Cl. The first-order valence-electron chi connectivity index (χ1n) is 7.42. The van der Waals surface area contributed by atoms with Gasteiger partial charge in [-0.05, 0) is 49.5 Å². The van der Waals surface area contributed by atoms with Crippen LogP contribution in [0.1, 0.15) is 25.8 Å². The number of ether oxygens (including phenoxy) is 1. The molecular formula is C16H26Cl2N2O. The summed E-state index contributed by atoms with van der Waals surface area (Å²) < 4.78 is 5.91. The Hall–Kier alpha value is -0.480. The van der Waals surface area contributed by atoms with Crippen LogP contribution in [0, 0.1) is 11.8 Å². The summed E-state index contributed by atoms with van der Waals surface area (Å²) in [5, 5.41) is 0.770. The van der Waals surface area contributed by atoms with E-state index in [2.05, 4.69) is 18.7 Å². The van der Waals surface area contributed by atoms with E-state index in [1.54, 1.807) is 0 Å². The van der Waals surface area contributed by atoms with Crippen molar-refractivity contribution in [1.82, 2.24) is 4.90 Å². The highest BCUT2D eigenvalue weighted by Crippen LogP contribution is 2.27. The topological polar surface area (TPSA) is 38.5 Å². The summed E-state index contributed by atoms with van der Waals surface area (Å²) in [4.78, 5) is 2.44. The Morgan fingerprint density at radius 1 is 1.43 bits per heavy atom. The van der Waals surface area contributed by atoms with E-state index < -0.39 is 0 Å². The van der Waals surface area contributed by atoms with Crippen molar-refractivity contribution in [1.29, 1.82) is 0 Å². The van der Waals surface area contributed by atoms with Crippen LogP contribution in [0.3, 0.4) is 0 Å². The molecule has 0 spiro atoms. The Balaban J connectivity index is 0.00000220. The van der Waals surface area contributed by atoms with Crippen LogP contribution in [0.15, 0.2) is 18.2 Å². The van der Waals surface area contributed by atoms with Gasteiger partial charge in [0.2, 0.25) is 0 Å². The molecule has 1 atom stereocenters. The van der Waals surface area contributed by atoms with Crippen molar-refractivity contribution >= 4 is 24.0 Å². The highest BCUT2D eigenvalue weighted by Gasteiger charge is 2.22. The van der Waals surface area contributed by atoms with Crippen LogP contribution in [0.25, 0.3) is 0 Å². The first-order valence-corrected chi connectivity index (χ1v) is 7.80. The molecular weight excluding hydrogens is 307 g/mol. The third-order valence-electron chi connectivity index (χ3n) is 3.69. The molecule has 0 saturated carbocycles. The van der Waals surface area contributed by atoms with E-state index in [0.29, 0.717) is 11.8 Å². The molecule has 1 aromatic carbocycles. The molecule has 5 heteroatoms. The van der Waals surface area contributed by atoms with E-state index in [1.807, 2.05) is 18.2 Å². The van der Waals surface area contributed by atoms with Crippen molar-refractivity contribution < 1.29 is 4.74 Å². The fourth-order valence-corrected chi connectivity index (χ4v) is 2.75. The molecule has 2 rings (SSSR count). The molecule has 1 saturated heterocycles. The van der Waals surface area contributed by atoms with E-state index in [9.17, 15) is 0 Å². The van der Waals surface area contributed by atoms with Crippen molar-refractivity contribution in [2.75, 3.05) is 26.2 Å². The van der Waals surface area contributed by atoms with E-state index in [1.165, 1.54) is 12.0 Å². The molecule has 3 nitrogen and oxygen atoms in total. The number of hydrogen-bond acceptors (Lipinski definition) is 3. The minimum Gasteiger partial charge on any atom is -0.493 e. The molecule has 1 heterocycles. The van der Waals surface area contributed by atoms with Crippen LogP contribution in [-0.2, 0) is 6.54 Å². The maximum atomic E-state index is 6.13. The smallest absolute Gasteiger partial charge is 0.123 e. The third kappa shape index (κ3) is 5.67. The summed E-state index contributed by atoms with van der Waals surface area (Å²) in [5.74, 6) is 2.11. The molecule has 0 radical (unpaired) electrons. The average Bonchev–Trinajstić information content (AvgIpc) is 2.85. The van der Waals surface area contributed by atoms with Crippen molar-refractivity contribution in [2.24, 2.45) is 17.6 Å². The number of nitrogens with zero attached hydrogens (tertiary/aromatic N) is 1. The van der Waals surface area contributed by atoms with Gasteiger partial charge >= 0.3 is 0 Å². The monoisotopic (exact) mass is 332 g/mol. The predicted molar refractivity (Wildman–Crippen MR) is 91.5 cm³/mol. The van der Waals surface area contributed by atoms with Crippen LogP contribution in [0.5, 0.6) is 5.75 Å². The normalized spacial score (nSPS) is 18.8. The summed E-state index contributed by atoms with van der Waals surface area (Å²) in [7, 11) is 0. The highest BCUT2D eigenvalue weighted by molar-refractivity contribution is 6.30. The zero-order valence-electron chi connectivity index (χ0n) is 12.8. The summed E-state index contributed by atoms with van der Waals surface area (Å²) in [6, 6.07) is 5.90. The third-order valence-corrected chi connectivity index (χ3v) is 3.93. The second kappa shape index (κ2) is 8.84. The molecule has 0 aromatic heterocycles. The van der Waals surface area contributed by atoms with Gasteiger partial charge in [0.05, 0.1) is 6.61 Å². The molecule has 1 aliphatic rings. The Morgan fingerprint density at radius 3 is 2.81 bits per heavy atom. The van der Waals surface area contributed by atoms with E-state index >= 15 is 0 Å². The Morgan fingerprint density at radius 2 is 2.19 bits per heavy atom. The zero-order valence-corrected chi connectivity index (χ0v) is 14.4. The molecule has 0 amide bonds. The molecule has 0 aliphatic carbocycles. The van der Waals surface area contributed by atoms with Gasteiger partial charge in [-0.1, -0.05) is 25.4 Å². The first-order chi connectivity index (χ1) is 9.58. The van der Waals surface area contributed by atoms with Crippen LogP contribution in [-0.4, -0.2) is 31.1 Å². The minimum atomic E-state index is 0. The Kier molecular flexibility index (Phi) is 7.82. The first kappa shape index (κ1) is 18.6. The second-order valence-electron chi connectivity index (χ2n) is 6.08. The largest absolute Gasteiger partial charge is 0.493 e. The molecule has 120 valence electrons. The standard InChI is InChI=1S/C16H25ClN2O.ClH/c1-12(2)11-20-16-4-3-15(17)7-14(16)10-19-6-5-13(8-18)9-19;/h3-4,7,12-13H,5-6,8-11,18H2,1-2H3;1H/t13-;/m0./s1. The van der Waals surface area contributed by atoms with Crippen molar-refractivity contribution in [2.45, 2.75) is 26.8 Å². The summed E-state index contributed by atoms with van der Waals surface area (Å²) in [5.41, 5.74) is 6.93. The van der Waals surface area contributed by atoms with Gasteiger partial charge in [-0.2, -0.15) is 0 Å². The quantitative estimate of drug-likeness (QED) is 0.865. The van der Waals surface area contributed by atoms with E-state index in [4.69, 9.17) is 22.1 Å². The molecule has 1 aromatic rings. The fraction of sp³-hybridized carbons (Fsp3) is 0.625. The average molecular weight is 333 g/mol. The number of likely N-dealkylation sites (tertiary alicyclic amines) is 1. The molecule has 1 aliphatic heterocycles. The van der Waals surface area contributed by atoms with Gasteiger partial charge in [0.25, 0.3) is 0 Å². The molecule has 1 fully saturated rings. The maximum absolute atomic E-state index is 6.13.